The fourth-order valence-corrected chi connectivity index (χ4v) is 6.00. The van der Waals surface area contributed by atoms with Crippen LogP contribution < -0.4 is 24.4 Å². The standard InChI is InChI=1S/C26H25BrN2O5S2/c1-6-34-25(31)22-14(2)28-26-29(23(22)15-7-9-17(35-5)10-8-15)24(30)21(36-26)12-16-11-18(27)20(33-4)13-19(16)32-3/h7-13,23H,6H2,1-5H3/b21-12-. The molecule has 0 amide bonds. The van der Waals surface area contributed by atoms with E-state index in [9.17, 15) is 9.59 Å². The van der Waals surface area contributed by atoms with Gasteiger partial charge >= 0.3 is 5.97 Å². The number of hydrogen-bond acceptors (Lipinski definition) is 8. The van der Waals surface area contributed by atoms with Crippen LogP contribution in [-0.2, 0) is 9.53 Å². The molecule has 2 aromatic carbocycles. The van der Waals surface area contributed by atoms with E-state index >= 15 is 0 Å². The minimum Gasteiger partial charge on any atom is -0.496 e. The van der Waals surface area contributed by atoms with Crippen LogP contribution in [0, 0.1) is 0 Å². The summed E-state index contributed by atoms with van der Waals surface area (Å²) >= 11 is 6.39. The first-order valence-corrected chi connectivity index (χ1v) is 13.9. The molecule has 0 saturated carbocycles. The smallest absolute Gasteiger partial charge is 0.338 e. The molecule has 7 nitrogen and oxygen atoms in total. The van der Waals surface area contributed by atoms with Gasteiger partial charge in [0.05, 0.1) is 47.1 Å². The quantitative estimate of drug-likeness (QED) is 0.302. The highest BCUT2D eigenvalue weighted by molar-refractivity contribution is 9.10. The van der Waals surface area contributed by atoms with Crippen molar-refractivity contribution >= 4 is 51.1 Å². The Morgan fingerprint density at radius 3 is 2.50 bits per heavy atom. The van der Waals surface area contributed by atoms with Crippen molar-refractivity contribution in [3.63, 3.8) is 0 Å². The van der Waals surface area contributed by atoms with Gasteiger partial charge in [-0.05, 0) is 65.9 Å². The van der Waals surface area contributed by atoms with Gasteiger partial charge < -0.3 is 14.2 Å². The number of fused-ring (bicyclic) bond motifs is 1. The topological polar surface area (TPSA) is 79.1 Å². The van der Waals surface area contributed by atoms with Gasteiger partial charge in [0.25, 0.3) is 5.56 Å². The average molecular weight is 590 g/mol. The Kier molecular flexibility index (Phi) is 8.07. The third-order valence-electron chi connectivity index (χ3n) is 5.74. The number of carbonyl (C=O) groups is 1. The predicted octanol–water partition coefficient (Wildman–Crippen LogP) is 4.30. The summed E-state index contributed by atoms with van der Waals surface area (Å²) in [5.74, 6) is 0.704. The summed E-state index contributed by atoms with van der Waals surface area (Å²) in [5.41, 5.74) is 2.16. The van der Waals surface area contributed by atoms with Crippen molar-refractivity contribution in [1.82, 2.24) is 4.57 Å². The first-order valence-electron chi connectivity index (χ1n) is 11.1. The highest BCUT2D eigenvalue weighted by Crippen LogP contribution is 2.34. The predicted molar refractivity (Wildman–Crippen MR) is 146 cm³/mol. The van der Waals surface area contributed by atoms with E-state index in [4.69, 9.17) is 14.2 Å². The van der Waals surface area contributed by atoms with Crippen molar-refractivity contribution in [3.8, 4) is 11.5 Å². The summed E-state index contributed by atoms with van der Waals surface area (Å²) in [4.78, 5) is 33.0. The Balaban J connectivity index is 1.95. The van der Waals surface area contributed by atoms with Crippen molar-refractivity contribution < 1.29 is 19.0 Å². The molecule has 1 unspecified atom stereocenters. The van der Waals surface area contributed by atoms with Gasteiger partial charge in [-0.3, -0.25) is 9.36 Å². The molecule has 1 aromatic heterocycles. The molecule has 3 aromatic rings. The van der Waals surface area contributed by atoms with Crippen molar-refractivity contribution in [2.24, 2.45) is 4.99 Å². The zero-order chi connectivity index (χ0) is 26.0. The lowest BCUT2D eigenvalue weighted by Crippen LogP contribution is -2.39. The zero-order valence-corrected chi connectivity index (χ0v) is 23.7. The third-order valence-corrected chi connectivity index (χ3v) is 8.09. The van der Waals surface area contributed by atoms with Crippen LogP contribution in [-0.4, -0.2) is 37.6 Å². The molecule has 0 spiro atoms. The van der Waals surface area contributed by atoms with Gasteiger partial charge in [0, 0.05) is 16.5 Å². The SMILES string of the molecule is CCOC(=O)C1=C(C)N=c2s/c(=C\c3cc(Br)c(OC)cc3OC)c(=O)n2C1c1ccc(SC)cc1. The maximum atomic E-state index is 13.8. The van der Waals surface area contributed by atoms with Crippen LogP contribution in [0.1, 0.15) is 31.0 Å². The number of nitrogens with zero attached hydrogens (tertiary/aromatic N) is 2. The lowest BCUT2D eigenvalue weighted by atomic mass is 9.96. The monoisotopic (exact) mass is 588 g/mol. The number of halogens is 1. The number of aromatic nitrogens is 1. The van der Waals surface area contributed by atoms with Gasteiger partial charge in [-0.2, -0.15) is 0 Å². The molecule has 0 bridgehead atoms. The van der Waals surface area contributed by atoms with E-state index in [2.05, 4.69) is 20.9 Å². The van der Waals surface area contributed by atoms with Gasteiger partial charge in [-0.1, -0.05) is 23.5 Å². The molecular formula is C26H25BrN2O5S2. The normalized spacial score (nSPS) is 15.4. The number of esters is 1. The summed E-state index contributed by atoms with van der Waals surface area (Å²) < 4.78 is 19.0. The van der Waals surface area contributed by atoms with Crippen molar-refractivity contribution in [1.29, 1.82) is 0 Å². The van der Waals surface area contributed by atoms with Crippen LogP contribution in [0.3, 0.4) is 0 Å². The Morgan fingerprint density at radius 2 is 1.89 bits per heavy atom. The van der Waals surface area contributed by atoms with E-state index in [-0.39, 0.29) is 12.2 Å². The maximum absolute atomic E-state index is 13.8. The third kappa shape index (κ3) is 4.89. The van der Waals surface area contributed by atoms with E-state index in [1.165, 1.54) is 11.3 Å². The number of rotatable bonds is 7. The van der Waals surface area contributed by atoms with Gasteiger partial charge in [-0.15, -0.1) is 11.8 Å². The first kappa shape index (κ1) is 26.2. The summed E-state index contributed by atoms with van der Waals surface area (Å²) in [6, 6.07) is 10.8. The number of hydrogen-bond donors (Lipinski definition) is 0. The Labute approximate surface area is 225 Å². The molecule has 1 aliphatic heterocycles. The lowest BCUT2D eigenvalue weighted by molar-refractivity contribution is -0.139. The van der Waals surface area contributed by atoms with E-state index in [1.54, 1.807) is 56.5 Å². The van der Waals surface area contributed by atoms with Crippen LogP contribution in [0.15, 0.2) is 66.8 Å². The highest BCUT2D eigenvalue weighted by atomic mass is 79.9. The second kappa shape index (κ2) is 11.1. The van der Waals surface area contributed by atoms with E-state index in [0.717, 1.165) is 14.9 Å². The number of methoxy groups -OCH3 is 2. The van der Waals surface area contributed by atoms with E-state index in [1.807, 2.05) is 36.6 Å². The zero-order valence-electron chi connectivity index (χ0n) is 20.5. The summed E-state index contributed by atoms with van der Waals surface area (Å²) in [7, 11) is 3.14. The Bertz CT molecular complexity index is 1520. The van der Waals surface area contributed by atoms with Crippen molar-refractivity contribution in [2.45, 2.75) is 24.8 Å². The molecule has 0 N–H and O–H groups in total. The fraction of sp³-hybridized carbons (Fsp3) is 0.269. The number of ether oxygens (including phenoxy) is 3. The lowest BCUT2D eigenvalue weighted by Gasteiger charge is -2.24. The fourth-order valence-electron chi connectivity index (χ4n) is 4.03. The number of thiazole rings is 1. The van der Waals surface area contributed by atoms with Crippen LogP contribution >= 0.6 is 39.0 Å². The summed E-state index contributed by atoms with van der Waals surface area (Å²) in [5, 5.41) is 0. The molecule has 0 aliphatic carbocycles. The molecule has 0 radical (unpaired) electrons. The maximum Gasteiger partial charge on any atom is 0.338 e. The average Bonchev–Trinajstić information content (AvgIpc) is 3.17. The largest absolute Gasteiger partial charge is 0.496 e. The van der Waals surface area contributed by atoms with Crippen LogP contribution in [0.2, 0.25) is 0 Å². The number of thioether (sulfide) groups is 1. The molecule has 2 heterocycles. The number of allylic oxidation sites excluding steroid dienone is 1. The van der Waals surface area contributed by atoms with Crippen LogP contribution in [0.5, 0.6) is 11.5 Å². The summed E-state index contributed by atoms with van der Waals surface area (Å²) in [6.07, 6.45) is 3.77. The minimum atomic E-state index is -0.650. The molecule has 0 saturated heterocycles. The van der Waals surface area contributed by atoms with Gasteiger partial charge in [-0.25, -0.2) is 9.79 Å². The minimum absolute atomic E-state index is 0.226. The summed E-state index contributed by atoms with van der Waals surface area (Å²) in [6.45, 7) is 3.76. The van der Waals surface area contributed by atoms with Gasteiger partial charge in [0.1, 0.15) is 11.5 Å². The van der Waals surface area contributed by atoms with E-state index < -0.39 is 12.0 Å². The van der Waals surface area contributed by atoms with Crippen LogP contribution in [0.25, 0.3) is 6.08 Å². The Morgan fingerprint density at radius 1 is 1.19 bits per heavy atom. The Hall–Kier alpha value is -2.82. The molecule has 4 rings (SSSR count). The second-order valence-corrected chi connectivity index (χ2v) is 10.5. The molecule has 1 atom stereocenters. The second-order valence-electron chi connectivity index (χ2n) is 7.80. The number of carbonyl (C=O) groups excluding carboxylic acids is 1. The molecular weight excluding hydrogens is 564 g/mol. The van der Waals surface area contributed by atoms with Gasteiger partial charge in [0.2, 0.25) is 0 Å². The molecule has 1 aliphatic rings. The van der Waals surface area contributed by atoms with Crippen LogP contribution in [0.4, 0.5) is 0 Å². The molecule has 36 heavy (non-hydrogen) atoms. The molecule has 188 valence electrons. The molecule has 10 heteroatoms. The van der Waals surface area contributed by atoms with Crippen molar-refractivity contribution in [3.05, 3.63) is 83.0 Å². The first-order chi connectivity index (χ1) is 17.3. The number of benzene rings is 2. The highest BCUT2D eigenvalue weighted by Gasteiger charge is 2.33. The molecule has 0 fully saturated rings. The van der Waals surface area contributed by atoms with Gasteiger partial charge in [0.15, 0.2) is 4.80 Å². The van der Waals surface area contributed by atoms with E-state index in [0.29, 0.717) is 37.7 Å². The van der Waals surface area contributed by atoms with Crippen molar-refractivity contribution in [2.75, 3.05) is 27.1 Å².